The summed E-state index contributed by atoms with van der Waals surface area (Å²) in [5.41, 5.74) is 0.878. The molecule has 96 valence electrons. The summed E-state index contributed by atoms with van der Waals surface area (Å²) in [5, 5.41) is 18.0. The fraction of sp³-hybridized carbons (Fsp3) is 0.417. The zero-order chi connectivity index (χ0) is 13.1. The van der Waals surface area contributed by atoms with Gasteiger partial charge in [0.2, 0.25) is 0 Å². The van der Waals surface area contributed by atoms with Gasteiger partial charge in [0.1, 0.15) is 6.23 Å². The minimum atomic E-state index is -1.51. The van der Waals surface area contributed by atoms with E-state index in [-0.39, 0.29) is 12.1 Å². The molecule has 1 aromatic rings. The number of carbonyl (C=O) groups excluding carboxylic acids is 1. The molecule has 1 atom stereocenters. The first kappa shape index (κ1) is 13.1. The third-order valence-corrected chi connectivity index (χ3v) is 3.11. The van der Waals surface area contributed by atoms with Gasteiger partial charge in [-0.15, -0.1) is 0 Å². The van der Waals surface area contributed by atoms with Crippen LogP contribution in [0, 0.1) is 0 Å². The van der Waals surface area contributed by atoms with Crippen molar-refractivity contribution in [3.63, 3.8) is 0 Å². The molecule has 0 radical (unpaired) electrons. The van der Waals surface area contributed by atoms with E-state index in [0.29, 0.717) is 17.6 Å². The van der Waals surface area contributed by atoms with Crippen LogP contribution in [0.2, 0.25) is 0 Å². The molecule has 0 aliphatic carbocycles. The second-order valence-corrected chi connectivity index (χ2v) is 4.38. The van der Waals surface area contributed by atoms with Crippen LogP contribution in [0.4, 0.5) is 0 Å². The molecule has 2 N–H and O–H groups in total. The quantitative estimate of drug-likeness (QED) is 0.713. The van der Waals surface area contributed by atoms with Gasteiger partial charge in [0.15, 0.2) is 0 Å². The van der Waals surface area contributed by atoms with Crippen LogP contribution in [-0.2, 0) is 4.74 Å². The van der Waals surface area contributed by atoms with Gasteiger partial charge in [-0.1, -0.05) is 12.1 Å². The zero-order valence-corrected chi connectivity index (χ0v) is 10.2. The highest BCUT2D eigenvalue weighted by atomic mass is 16.5. The predicted octanol–water partition coefficient (Wildman–Crippen LogP) is -0.425. The van der Waals surface area contributed by atoms with Gasteiger partial charge in [0, 0.05) is 19.2 Å². The number of carbonyl (C=O) groups is 1. The number of amides is 1. The van der Waals surface area contributed by atoms with Crippen molar-refractivity contribution in [2.45, 2.75) is 19.1 Å². The largest absolute Gasteiger partial charge is 0.488 e. The van der Waals surface area contributed by atoms with Crippen molar-refractivity contribution >= 4 is 18.5 Å². The van der Waals surface area contributed by atoms with Crippen molar-refractivity contribution in [2.24, 2.45) is 0 Å². The SMILES string of the molecule is CN(C(=O)c1ccc(B(O)O)cc1)[C@H]1CCCO1. The summed E-state index contributed by atoms with van der Waals surface area (Å²) in [6.45, 7) is 0.692. The summed E-state index contributed by atoms with van der Waals surface area (Å²) in [7, 11) is 0.206. The van der Waals surface area contributed by atoms with Gasteiger partial charge in [0.05, 0.1) is 0 Å². The van der Waals surface area contributed by atoms with E-state index in [4.69, 9.17) is 14.8 Å². The Morgan fingerprint density at radius 1 is 1.39 bits per heavy atom. The van der Waals surface area contributed by atoms with Crippen molar-refractivity contribution in [3.8, 4) is 0 Å². The summed E-state index contributed by atoms with van der Waals surface area (Å²) < 4.78 is 5.44. The molecular weight excluding hydrogens is 233 g/mol. The van der Waals surface area contributed by atoms with Crippen LogP contribution in [-0.4, -0.2) is 47.9 Å². The van der Waals surface area contributed by atoms with E-state index < -0.39 is 7.12 Å². The summed E-state index contributed by atoms with van der Waals surface area (Å²) in [5.74, 6) is -0.124. The molecule has 1 heterocycles. The molecule has 0 unspecified atom stereocenters. The summed E-state index contributed by atoms with van der Waals surface area (Å²) in [6.07, 6.45) is 1.67. The van der Waals surface area contributed by atoms with Crippen molar-refractivity contribution in [3.05, 3.63) is 29.8 Å². The predicted molar refractivity (Wildman–Crippen MR) is 67.3 cm³/mol. The number of rotatable bonds is 3. The van der Waals surface area contributed by atoms with E-state index in [1.807, 2.05) is 0 Å². The standard InChI is InChI=1S/C12H16BNO4/c1-14(11-3-2-8-18-11)12(15)9-4-6-10(7-5-9)13(16)17/h4-7,11,16-17H,2-3,8H2,1H3/t11-/m1/s1. The van der Waals surface area contributed by atoms with Crippen LogP contribution in [0.15, 0.2) is 24.3 Å². The maximum atomic E-state index is 12.1. The Morgan fingerprint density at radius 3 is 2.56 bits per heavy atom. The monoisotopic (exact) mass is 249 g/mol. The molecule has 0 aromatic heterocycles. The first-order valence-corrected chi connectivity index (χ1v) is 5.94. The number of ether oxygens (including phenoxy) is 1. The van der Waals surface area contributed by atoms with Gasteiger partial charge in [-0.25, -0.2) is 0 Å². The highest BCUT2D eigenvalue weighted by Gasteiger charge is 2.25. The Balaban J connectivity index is 2.08. The summed E-state index contributed by atoms with van der Waals surface area (Å²) in [6, 6.07) is 6.23. The molecule has 0 bridgehead atoms. The maximum absolute atomic E-state index is 12.1. The lowest BCUT2D eigenvalue weighted by atomic mass is 9.80. The number of hydrogen-bond acceptors (Lipinski definition) is 4. The Hall–Kier alpha value is -1.37. The van der Waals surface area contributed by atoms with E-state index in [2.05, 4.69) is 0 Å². The number of hydrogen-bond donors (Lipinski definition) is 2. The molecule has 0 saturated carbocycles. The van der Waals surface area contributed by atoms with Crippen LogP contribution in [0.3, 0.4) is 0 Å². The van der Waals surface area contributed by atoms with E-state index >= 15 is 0 Å². The molecule has 1 amide bonds. The smallest absolute Gasteiger partial charge is 0.423 e. The lowest BCUT2D eigenvalue weighted by molar-refractivity contribution is 0.000878. The lowest BCUT2D eigenvalue weighted by Gasteiger charge is -2.23. The molecule has 0 spiro atoms. The van der Waals surface area contributed by atoms with Gasteiger partial charge < -0.3 is 19.7 Å². The van der Waals surface area contributed by atoms with Crippen molar-refractivity contribution < 1.29 is 19.6 Å². The average molecular weight is 249 g/mol. The minimum absolute atomic E-state index is 0.124. The molecule has 1 aliphatic heterocycles. The molecular formula is C12H16BNO4. The van der Waals surface area contributed by atoms with Crippen LogP contribution >= 0.6 is 0 Å². The highest BCUT2D eigenvalue weighted by molar-refractivity contribution is 6.58. The highest BCUT2D eigenvalue weighted by Crippen LogP contribution is 2.17. The van der Waals surface area contributed by atoms with Gasteiger partial charge in [-0.05, 0) is 30.4 Å². The number of benzene rings is 1. The normalized spacial score (nSPS) is 18.7. The van der Waals surface area contributed by atoms with Gasteiger partial charge in [0.25, 0.3) is 5.91 Å². The van der Waals surface area contributed by atoms with E-state index in [9.17, 15) is 4.79 Å². The van der Waals surface area contributed by atoms with Crippen LogP contribution < -0.4 is 5.46 Å². The second-order valence-electron chi connectivity index (χ2n) is 4.38. The molecule has 1 aliphatic rings. The first-order valence-electron chi connectivity index (χ1n) is 5.94. The van der Waals surface area contributed by atoms with Crippen LogP contribution in [0.5, 0.6) is 0 Å². The summed E-state index contributed by atoms with van der Waals surface area (Å²) in [4.78, 5) is 13.7. The third-order valence-electron chi connectivity index (χ3n) is 3.11. The third kappa shape index (κ3) is 2.72. The zero-order valence-electron chi connectivity index (χ0n) is 10.2. The summed E-state index contributed by atoms with van der Waals surface area (Å²) >= 11 is 0. The Bertz CT molecular complexity index is 415. The van der Waals surface area contributed by atoms with Crippen molar-refractivity contribution in [1.29, 1.82) is 0 Å². The molecule has 1 fully saturated rings. The van der Waals surface area contributed by atoms with Crippen LogP contribution in [0.25, 0.3) is 0 Å². The van der Waals surface area contributed by atoms with Crippen LogP contribution in [0.1, 0.15) is 23.2 Å². The van der Waals surface area contributed by atoms with E-state index in [0.717, 1.165) is 12.8 Å². The van der Waals surface area contributed by atoms with Crippen molar-refractivity contribution in [1.82, 2.24) is 4.90 Å². The topological polar surface area (TPSA) is 70.0 Å². The maximum Gasteiger partial charge on any atom is 0.488 e. The fourth-order valence-corrected chi connectivity index (χ4v) is 2.00. The van der Waals surface area contributed by atoms with Gasteiger partial charge in [-0.3, -0.25) is 4.79 Å². The molecule has 1 saturated heterocycles. The Labute approximate surface area is 106 Å². The molecule has 2 rings (SSSR count). The Kier molecular flexibility index (Phi) is 4.01. The number of nitrogens with zero attached hydrogens (tertiary/aromatic N) is 1. The minimum Gasteiger partial charge on any atom is -0.423 e. The van der Waals surface area contributed by atoms with E-state index in [1.54, 1.807) is 24.1 Å². The van der Waals surface area contributed by atoms with E-state index in [1.165, 1.54) is 12.1 Å². The first-order chi connectivity index (χ1) is 8.59. The molecule has 6 heteroatoms. The Morgan fingerprint density at radius 2 is 2.06 bits per heavy atom. The van der Waals surface area contributed by atoms with Gasteiger partial charge in [-0.2, -0.15) is 0 Å². The molecule has 1 aromatic carbocycles. The van der Waals surface area contributed by atoms with Crippen molar-refractivity contribution in [2.75, 3.05) is 13.7 Å². The lowest BCUT2D eigenvalue weighted by Crippen LogP contribution is -2.37. The second kappa shape index (κ2) is 5.52. The molecule has 18 heavy (non-hydrogen) atoms. The fourth-order valence-electron chi connectivity index (χ4n) is 2.00. The average Bonchev–Trinajstić information content (AvgIpc) is 2.91. The molecule has 5 nitrogen and oxygen atoms in total. The van der Waals surface area contributed by atoms with Gasteiger partial charge >= 0.3 is 7.12 Å².